The predicted molar refractivity (Wildman–Crippen MR) is 77.9 cm³/mol. The molecule has 1 N–H and O–H groups in total. The number of hydrogen-bond acceptors (Lipinski definition) is 3. The summed E-state index contributed by atoms with van der Waals surface area (Å²) in [4.78, 5) is 4.14. The van der Waals surface area contributed by atoms with Gasteiger partial charge < -0.3 is 9.84 Å². The van der Waals surface area contributed by atoms with Crippen molar-refractivity contribution in [3.8, 4) is 5.88 Å². The standard InChI is InChI=1S/C17H19NO2/c1-20-17-15(6-3-9-18-17)16(19)11-12-7-8-13-4-2-5-14(13)10-12/h3,6-10,16,19H,2,4-5,11H2,1H3. The van der Waals surface area contributed by atoms with Crippen molar-refractivity contribution in [2.75, 3.05) is 7.11 Å². The van der Waals surface area contributed by atoms with Crippen LogP contribution in [0.25, 0.3) is 0 Å². The maximum absolute atomic E-state index is 10.4. The molecular formula is C17H19NO2. The molecule has 20 heavy (non-hydrogen) atoms. The van der Waals surface area contributed by atoms with Crippen LogP contribution in [0, 0.1) is 0 Å². The Morgan fingerprint density at radius 2 is 2.10 bits per heavy atom. The first kappa shape index (κ1) is 13.1. The predicted octanol–water partition coefficient (Wildman–Crippen LogP) is 2.86. The van der Waals surface area contributed by atoms with E-state index in [1.807, 2.05) is 12.1 Å². The van der Waals surface area contributed by atoms with Crippen LogP contribution in [0.1, 0.15) is 34.8 Å². The summed E-state index contributed by atoms with van der Waals surface area (Å²) in [5.74, 6) is 0.501. The molecule has 1 heterocycles. The molecule has 1 aliphatic rings. The molecule has 0 bridgehead atoms. The zero-order chi connectivity index (χ0) is 13.9. The van der Waals surface area contributed by atoms with E-state index >= 15 is 0 Å². The fourth-order valence-corrected chi connectivity index (χ4v) is 2.91. The molecule has 3 rings (SSSR count). The van der Waals surface area contributed by atoms with Gasteiger partial charge in [0.15, 0.2) is 0 Å². The molecule has 1 aliphatic carbocycles. The molecule has 3 heteroatoms. The summed E-state index contributed by atoms with van der Waals surface area (Å²) in [7, 11) is 1.58. The second-order valence-electron chi connectivity index (χ2n) is 5.28. The van der Waals surface area contributed by atoms with Gasteiger partial charge in [0.05, 0.1) is 13.2 Å². The monoisotopic (exact) mass is 269 g/mol. The molecule has 104 valence electrons. The van der Waals surface area contributed by atoms with Crippen molar-refractivity contribution in [3.63, 3.8) is 0 Å². The number of methoxy groups -OCH3 is 1. The number of aryl methyl sites for hydroxylation is 2. The summed E-state index contributed by atoms with van der Waals surface area (Å²) < 4.78 is 5.21. The molecule has 0 amide bonds. The lowest BCUT2D eigenvalue weighted by Crippen LogP contribution is -2.05. The highest BCUT2D eigenvalue weighted by Crippen LogP contribution is 2.28. The van der Waals surface area contributed by atoms with Crippen LogP contribution >= 0.6 is 0 Å². The van der Waals surface area contributed by atoms with E-state index in [-0.39, 0.29) is 0 Å². The van der Waals surface area contributed by atoms with Crippen LogP contribution in [-0.2, 0) is 19.3 Å². The molecule has 0 fully saturated rings. The number of aliphatic hydroxyl groups excluding tert-OH is 1. The minimum atomic E-state index is -0.585. The van der Waals surface area contributed by atoms with Gasteiger partial charge in [-0.15, -0.1) is 0 Å². The zero-order valence-corrected chi connectivity index (χ0v) is 11.7. The molecule has 0 radical (unpaired) electrons. The molecule has 1 atom stereocenters. The van der Waals surface area contributed by atoms with Crippen molar-refractivity contribution in [3.05, 3.63) is 58.8 Å². The van der Waals surface area contributed by atoms with E-state index in [0.717, 1.165) is 12.0 Å². The summed E-state index contributed by atoms with van der Waals surface area (Å²) >= 11 is 0. The Bertz CT molecular complexity index is 610. The fourth-order valence-electron chi connectivity index (χ4n) is 2.91. The number of aliphatic hydroxyl groups is 1. The third-order valence-corrected chi connectivity index (χ3v) is 3.94. The molecule has 1 aromatic carbocycles. The number of pyridine rings is 1. The lowest BCUT2D eigenvalue weighted by molar-refractivity contribution is 0.173. The molecule has 0 aliphatic heterocycles. The first-order chi connectivity index (χ1) is 9.78. The van der Waals surface area contributed by atoms with Crippen molar-refractivity contribution < 1.29 is 9.84 Å². The molecule has 0 saturated heterocycles. The van der Waals surface area contributed by atoms with Gasteiger partial charge in [-0.1, -0.05) is 18.2 Å². The first-order valence-electron chi connectivity index (χ1n) is 7.05. The van der Waals surface area contributed by atoms with E-state index in [2.05, 4.69) is 23.2 Å². The lowest BCUT2D eigenvalue weighted by Gasteiger charge is -2.14. The Hall–Kier alpha value is -1.87. The number of aromatic nitrogens is 1. The van der Waals surface area contributed by atoms with Crippen LogP contribution in [0.15, 0.2) is 36.5 Å². The Kier molecular flexibility index (Phi) is 3.70. The highest BCUT2D eigenvalue weighted by molar-refractivity contribution is 5.36. The van der Waals surface area contributed by atoms with Crippen molar-refractivity contribution in [2.24, 2.45) is 0 Å². The van der Waals surface area contributed by atoms with Crippen LogP contribution in [0.5, 0.6) is 5.88 Å². The van der Waals surface area contributed by atoms with E-state index in [9.17, 15) is 5.11 Å². The van der Waals surface area contributed by atoms with Crippen molar-refractivity contribution in [2.45, 2.75) is 31.8 Å². The molecule has 1 unspecified atom stereocenters. The average Bonchev–Trinajstić information content (AvgIpc) is 2.94. The first-order valence-corrected chi connectivity index (χ1v) is 7.05. The van der Waals surface area contributed by atoms with Gasteiger partial charge in [0.1, 0.15) is 0 Å². The quantitative estimate of drug-likeness (QED) is 0.928. The normalized spacial score (nSPS) is 14.9. The third kappa shape index (κ3) is 2.54. The van der Waals surface area contributed by atoms with Crippen LogP contribution in [0.4, 0.5) is 0 Å². The number of hydrogen-bond donors (Lipinski definition) is 1. The maximum Gasteiger partial charge on any atom is 0.218 e. The van der Waals surface area contributed by atoms with Gasteiger partial charge in [-0.25, -0.2) is 4.98 Å². The number of fused-ring (bicyclic) bond motifs is 1. The Morgan fingerprint density at radius 3 is 2.95 bits per heavy atom. The van der Waals surface area contributed by atoms with E-state index in [1.165, 1.54) is 29.5 Å². The minimum Gasteiger partial charge on any atom is -0.481 e. The van der Waals surface area contributed by atoms with E-state index in [0.29, 0.717) is 12.3 Å². The topological polar surface area (TPSA) is 42.4 Å². The van der Waals surface area contributed by atoms with Crippen LogP contribution in [0.2, 0.25) is 0 Å². The van der Waals surface area contributed by atoms with E-state index in [1.54, 1.807) is 13.3 Å². The van der Waals surface area contributed by atoms with Crippen LogP contribution < -0.4 is 4.74 Å². The second-order valence-corrected chi connectivity index (χ2v) is 5.28. The molecule has 0 spiro atoms. The SMILES string of the molecule is COc1ncccc1C(O)Cc1ccc2c(c1)CCC2. The Balaban J connectivity index is 1.80. The summed E-state index contributed by atoms with van der Waals surface area (Å²) in [5, 5.41) is 10.4. The lowest BCUT2D eigenvalue weighted by atomic mass is 9.99. The molecule has 0 saturated carbocycles. The second kappa shape index (κ2) is 5.63. The van der Waals surface area contributed by atoms with Gasteiger partial charge >= 0.3 is 0 Å². The smallest absolute Gasteiger partial charge is 0.218 e. The summed E-state index contributed by atoms with van der Waals surface area (Å²) in [5.41, 5.74) is 4.81. The summed E-state index contributed by atoms with van der Waals surface area (Å²) in [6, 6.07) is 10.2. The van der Waals surface area contributed by atoms with Gasteiger partial charge in [0.25, 0.3) is 0 Å². The van der Waals surface area contributed by atoms with Gasteiger partial charge in [-0.2, -0.15) is 0 Å². The van der Waals surface area contributed by atoms with Crippen LogP contribution in [0.3, 0.4) is 0 Å². The largest absolute Gasteiger partial charge is 0.481 e. The number of rotatable bonds is 4. The molecule has 3 nitrogen and oxygen atoms in total. The zero-order valence-electron chi connectivity index (χ0n) is 11.7. The van der Waals surface area contributed by atoms with Crippen molar-refractivity contribution >= 4 is 0 Å². The van der Waals surface area contributed by atoms with Gasteiger partial charge in [0.2, 0.25) is 5.88 Å². The van der Waals surface area contributed by atoms with E-state index in [4.69, 9.17) is 4.74 Å². The van der Waals surface area contributed by atoms with Crippen molar-refractivity contribution in [1.29, 1.82) is 0 Å². The Morgan fingerprint density at radius 1 is 1.25 bits per heavy atom. The third-order valence-electron chi connectivity index (χ3n) is 3.94. The average molecular weight is 269 g/mol. The molecule has 2 aromatic rings. The molecule has 1 aromatic heterocycles. The number of benzene rings is 1. The summed E-state index contributed by atoms with van der Waals surface area (Å²) in [6.07, 6.45) is 5.28. The number of ether oxygens (including phenoxy) is 1. The number of nitrogens with zero attached hydrogens (tertiary/aromatic N) is 1. The van der Waals surface area contributed by atoms with Crippen LogP contribution in [-0.4, -0.2) is 17.2 Å². The minimum absolute atomic E-state index is 0.501. The van der Waals surface area contributed by atoms with Gasteiger partial charge in [0, 0.05) is 18.2 Å². The summed E-state index contributed by atoms with van der Waals surface area (Å²) in [6.45, 7) is 0. The fraction of sp³-hybridized carbons (Fsp3) is 0.353. The van der Waals surface area contributed by atoms with E-state index < -0.39 is 6.10 Å². The highest BCUT2D eigenvalue weighted by atomic mass is 16.5. The highest BCUT2D eigenvalue weighted by Gasteiger charge is 2.16. The van der Waals surface area contributed by atoms with Crippen molar-refractivity contribution in [1.82, 2.24) is 4.98 Å². The Labute approximate surface area is 119 Å². The van der Waals surface area contributed by atoms with Gasteiger partial charge in [-0.3, -0.25) is 0 Å². The van der Waals surface area contributed by atoms with Gasteiger partial charge in [-0.05, 0) is 48.1 Å². The maximum atomic E-state index is 10.4. The molecular weight excluding hydrogens is 250 g/mol.